The molecule has 5 rings (SSSR count). The van der Waals surface area contributed by atoms with Crippen molar-refractivity contribution in [2.45, 2.75) is 79.5 Å². The number of amides is 1. The first kappa shape index (κ1) is 40.7. The maximum Gasteiger partial charge on any atom is 0.438 e. The number of alkyl carbamates (subject to hydrolysis) is 1. The number of nitrogens with one attached hydrogen (secondary N) is 1. The van der Waals surface area contributed by atoms with Crippen molar-refractivity contribution in [1.29, 1.82) is 0 Å². The van der Waals surface area contributed by atoms with Gasteiger partial charge in [0.1, 0.15) is 11.5 Å². The van der Waals surface area contributed by atoms with E-state index in [1.165, 1.54) is 6.07 Å². The summed E-state index contributed by atoms with van der Waals surface area (Å²) in [5, 5.41) is 1.99. The van der Waals surface area contributed by atoms with Crippen LogP contribution in [-0.2, 0) is 29.7 Å². The lowest BCUT2D eigenvalue weighted by Gasteiger charge is -2.60. The number of ether oxygens (including phenoxy) is 2. The van der Waals surface area contributed by atoms with Crippen LogP contribution in [-0.4, -0.2) is 91.0 Å². The zero-order valence-corrected chi connectivity index (χ0v) is 26.7. The molecule has 4 aliphatic carbocycles. The number of halogens is 12. The van der Waals surface area contributed by atoms with E-state index in [1.807, 2.05) is 5.32 Å². The monoisotopic (exact) mass is 803 g/mol. The van der Waals surface area contributed by atoms with Crippen molar-refractivity contribution in [3.05, 3.63) is 35.4 Å². The zero-order chi connectivity index (χ0) is 39.0. The maximum absolute atomic E-state index is 13.7. The van der Waals surface area contributed by atoms with Crippen LogP contribution in [0.5, 0.6) is 0 Å². The van der Waals surface area contributed by atoms with E-state index in [0.717, 1.165) is 18.2 Å². The molecule has 0 aromatic heterocycles. The minimum Gasteiger partial charge on any atom is -0.435 e. The Morgan fingerprint density at radius 3 is 1.57 bits per heavy atom. The third-order valence-corrected chi connectivity index (χ3v) is 10.8. The number of carbonyl (C=O) groups excluding carboxylic acids is 2. The van der Waals surface area contributed by atoms with Gasteiger partial charge in [0.2, 0.25) is 0 Å². The number of esters is 1. The molecule has 0 saturated heterocycles. The smallest absolute Gasteiger partial charge is 0.435 e. The van der Waals surface area contributed by atoms with Crippen molar-refractivity contribution in [2.75, 3.05) is 11.5 Å². The van der Waals surface area contributed by atoms with Gasteiger partial charge in [-0.15, -0.1) is 0 Å². The fourth-order valence-electron chi connectivity index (χ4n) is 7.66. The lowest BCUT2D eigenvalue weighted by molar-refractivity contribution is -0.357. The van der Waals surface area contributed by atoms with E-state index in [0.29, 0.717) is 12.8 Å². The molecule has 2 atom stereocenters. The molecule has 25 heteroatoms. The van der Waals surface area contributed by atoms with E-state index in [2.05, 4.69) is 9.47 Å². The van der Waals surface area contributed by atoms with Gasteiger partial charge in [-0.25, -0.2) is 9.59 Å². The van der Waals surface area contributed by atoms with Crippen LogP contribution in [0.4, 0.5) is 57.5 Å². The molecule has 2 unspecified atom stereocenters. The topological polar surface area (TPSA) is 173 Å². The summed E-state index contributed by atoms with van der Waals surface area (Å²) in [6.07, 6.45) is -28.4. The molecule has 1 aromatic carbocycles. The average molecular weight is 804 g/mol. The Balaban J connectivity index is 1.60. The van der Waals surface area contributed by atoms with Gasteiger partial charge in [-0.3, -0.25) is 9.11 Å². The van der Waals surface area contributed by atoms with Crippen LogP contribution in [0.1, 0.15) is 53.9 Å². The highest BCUT2D eigenvalue weighted by molar-refractivity contribution is 7.86. The largest absolute Gasteiger partial charge is 0.438 e. The molecule has 4 aliphatic rings. The van der Waals surface area contributed by atoms with Gasteiger partial charge in [0.15, 0.2) is 0 Å². The van der Waals surface area contributed by atoms with Gasteiger partial charge in [0, 0.05) is 5.54 Å². The van der Waals surface area contributed by atoms with Crippen molar-refractivity contribution >= 4 is 32.3 Å². The molecule has 290 valence electrons. The molecule has 1 amide bonds. The van der Waals surface area contributed by atoms with Crippen LogP contribution < -0.4 is 5.32 Å². The summed E-state index contributed by atoms with van der Waals surface area (Å²) in [7, 11) is -12.1. The Labute approximate surface area is 279 Å². The molecule has 11 nitrogen and oxygen atoms in total. The Bertz CT molecular complexity index is 1710. The molecule has 4 saturated carbocycles. The summed E-state index contributed by atoms with van der Waals surface area (Å²) >= 11 is 0. The fourth-order valence-corrected chi connectivity index (χ4v) is 9.46. The summed E-state index contributed by atoms with van der Waals surface area (Å²) in [4.78, 5) is 25.4. The molecular formula is C26H25F12NO10S2. The minimum atomic E-state index is -6.59. The summed E-state index contributed by atoms with van der Waals surface area (Å²) < 4.78 is 234. The van der Waals surface area contributed by atoms with Gasteiger partial charge in [0.25, 0.3) is 20.2 Å². The zero-order valence-electron chi connectivity index (χ0n) is 25.1. The predicted octanol–water partition coefficient (Wildman–Crippen LogP) is 5.73. The molecule has 1 aromatic rings. The Kier molecular flexibility index (Phi) is 10.00. The summed E-state index contributed by atoms with van der Waals surface area (Å²) in [6.45, 7) is 0. The van der Waals surface area contributed by atoms with E-state index in [4.69, 9.17) is 9.11 Å². The second-order valence-electron chi connectivity index (χ2n) is 12.9. The van der Waals surface area contributed by atoms with Gasteiger partial charge in [-0.2, -0.15) is 69.5 Å². The molecule has 3 N–H and O–H groups in total. The third kappa shape index (κ3) is 7.99. The number of hydrogen-bond acceptors (Lipinski definition) is 8. The van der Waals surface area contributed by atoms with Gasteiger partial charge >= 0.3 is 48.0 Å². The summed E-state index contributed by atoms with van der Waals surface area (Å²) in [6, 6.07) is 3.95. The lowest BCUT2D eigenvalue weighted by Crippen LogP contribution is -2.67. The van der Waals surface area contributed by atoms with Crippen LogP contribution in [0.25, 0.3) is 0 Å². The highest BCUT2D eigenvalue weighted by atomic mass is 32.2. The number of carbonyl (C=O) groups is 2. The summed E-state index contributed by atoms with van der Waals surface area (Å²) in [5.74, 6) is -10.7. The Hall–Kier alpha value is -3.06. The van der Waals surface area contributed by atoms with Crippen molar-refractivity contribution in [3.63, 3.8) is 0 Å². The second kappa shape index (κ2) is 12.5. The molecule has 4 fully saturated rings. The van der Waals surface area contributed by atoms with Crippen LogP contribution >= 0.6 is 0 Å². The van der Waals surface area contributed by atoms with E-state index < -0.39 is 109 Å². The molecule has 0 spiro atoms. The normalized spacial score (nSPS) is 26.2. The van der Waals surface area contributed by atoms with Crippen molar-refractivity contribution in [2.24, 2.45) is 17.8 Å². The molecule has 0 heterocycles. The first-order chi connectivity index (χ1) is 22.7. The van der Waals surface area contributed by atoms with E-state index in [1.54, 1.807) is 0 Å². The Morgan fingerprint density at radius 1 is 0.725 bits per heavy atom. The van der Waals surface area contributed by atoms with Gasteiger partial charge < -0.3 is 14.8 Å². The van der Waals surface area contributed by atoms with E-state index in [9.17, 15) is 79.1 Å². The summed E-state index contributed by atoms with van der Waals surface area (Å²) in [5.41, 5.74) is -13.7. The first-order valence-corrected chi connectivity index (χ1v) is 17.5. The van der Waals surface area contributed by atoms with Gasteiger partial charge in [-0.1, -0.05) is 12.1 Å². The van der Waals surface area contributed by atoms with Crippen LogP contribution in [0.3, 0.4) is 0 Å². The standard InChI is InChI=1S/C26H25F12NO10S2/c27-23(28,29)21(24(30,31)32,10-50(42,43)44)48-18(40)14-3-1-2-13(6-14)17-15-4-12-5-16(17)9-20(7-12,8-15)39-19(41)49-22(25(33,34)35,26(36,37)38)11-51(45,46)47/h1-3,6,12,15-17H,4-5,7-11H2,(H,39,41)(H,42,43,44)(H,45,46,47). The highest BCUT2D eigenvalue weighted by Gasteiger charge is 2.77. The quantitative estimate of drug-likeness (QED) is 0.159. The SMILES string of the molecule is O=C(NC12CC3CC(C1)C(c1cccc(C(=O)OC(CS(=O)(=O)O)(C(F)(F)F)C(F)(F)F)c1)C(C3)C2)OC(CS(=O)(=O)O)(C(F)(F)F)C(F)(F)F. The number of alkyl halides is 12. The molecule has 0 radical (unpaired) electrons. The average Bonchev–Trinajstić information content (AvgIpc) is 2.87. The van der Waals surface area contributed by atoms with Crippen LogP contribution in [0, 0.1) is 17.8 Å². The number of rotatable bonds is 9. The third-order valence-electron chi connectivity index (χ3n) is 9.28. The van der Waals surface area contributed by atoms with Gasteiger partial charge in [0.05, 0.1) is 5.56 Å². The van der Waals surface area contributed by atoms with E-state index in [-0.39, 0.29) is 30.7 Å². The van der Waals surface area contributed by atoms with Gasteiger partial charge in [-0.05, 0) is 73.5 Å². The van der Waals surface area contributed by atoms with Crippen LogP contribution in [0.15, 0.2) is 24.3 Å². The molecule has 51 heavy (non-hydrogen) atoms. The van der Waals surface area contributed by atoms with Crippen molar-refractivity contribution in [3.8, 4) is 0 Å². The molecule has 4 bridgehead atoms. The maximum atomic E-state index is 13.7. The first-order valence-electron chi connectivity index (χ1n) is 14.3. The number of hydrogen-bond donors (Lipinski definition) is 3. The molecular weight excluding hydrogens is 778 g/mol. The fraction of sp³-hybridized carbons (Fsp3) is 0.692. The number of benzene rings is 1. The highest BCUT2D eigenvalue weighted by Crippen LogP contribution is 2.61. The van der Waals surface area contributed by atoms with E-state index >= 15 is 0 Å². The Morgan fingerprint density at radius 2 is 1.16 bits per heavy atom. The molecule has 0 aliphatic heterocycles. The van der Waals surface area contributed by atoms with Crippen LogP contribution in [0.2, 0.25) is 0 Å². The minimum absolute atomic E-state index is 0.0161. The lowest BCUT2D eigenvalue weighted by atomic mass is 9.48. The predicted molar refractivity (Wildman–Crippen MR) is 143 cm³/mol. The van der Waals surface area contributed by atoms with Crippen molar-refractivity contribution < 1.29 is 97.7 Å². The van der Waals surface area contributed by atoms with Crippen molar-refractivity contribution in [1.82, 2.24) is 5.32 Å². The second-order valence-corrected chi connectivity index (χ2v) is 15.8.